The highest BCUT2D eigenvalue weighted by atomic mass is 32.1. The Morgan fingerprint density at radius 2 is 2.57 bits per heavy atom. The van der Waals surface area contributed by atoms with Crippen molar-refractivity contribution in [3.05, 3.63) is 11.1 Å². The molecular formula is C8H13N3O2S. The molecule has 1 aromatic heterocycles. The molecule has 0 saturated heterocycles. The molecule has 0 fully saturated rings. The Labute approximate surface area is 86.0 Å². The van der Waals surface area contributed by atoms with Gasteiger partial charge in [0.05, 0.1) is 18.2 Å². The maximum atomic E-state index is 11.2. The fraction of sp³-hybridized carbons (Fsp3) is 0.500. The summed E-state index contributed by atoms with van der Waals surface area (Å²) in [4.78, 5) is 15.2. The first-order valence-corrected chi connectivity index (χ1v) is 5.10. The summed E-state index contributed by atoms with van der Waals surface area (Å²) in [5, 5.41) is 13.7. The van der Waals surface area contributed by atoms with Crippen molar-refractivity contribution < 1.29 is 9.90 Å². The van der Waals surface area contributed by atoms with Crippen LogP contribution in [0.3, 0.4) is 0 Å². The van der Waals surface area contributed by atoms with Crippen LogP contribution in [0.1, 0.15) is 12.6 Å². The molecule has 0 aliphatic carbocycles. The number of aliphatic hydroxyl groups excluding tert-OH is 1. The minimum absolute atomic E-state index is 0.156. The van der Waals surface area contributed by atoms with E-state index in [2.05, 4.69) is 10.3 Å². The average Bonchev–Trinajstić information content (AvgIpc) is 2.48. The van der Waals surface area contributed by atoms with Crippen LogP contribution < -0.4 is 11.1 Å². The van der Waals surface area contributed by atoms with Crippen LogP contribution in [0.2, 0.25) is 0 Å². The van der Waals surface area contributed by atoms with Crippen LogP contribution in [0.15, 0.2) is 5.38 Å². The second kappa shape index (κ2) is 4.92. The SMILES string of the molecule is CC(O)CNC(=O)Cc1csc(N)n1. The number of anilines is 1. The van der Waals surface area contributed by atoms with Gasteiger partial charge in [0.1, 0.15) is 0 Å². The largest absolute Gasteiger partial charge is 0.392 e. The predicted molar refractivity (Wildman–Crippen MR) is 54.9 cm³/mol. The number of hydrogen-bond donors (Lipinski definition) is 3. The molecule has 1 rings (SSSR count). The Bertz CT molecular complexity index is 311. The van der Waals surface area contributed by atoms with Crippen LogP contribution in [-0.2, 0) is 11.2 Å². The van der Waals surface area contributed by atoms with Crippen molar-refractivity contribution in [1.82, 2.24) is 10.3 Å². The summed E-state index contributed by atoms with van der Waals surface area (Å²) in [6.07, 6.45) is -0.320. The summed E-state index contributed by atoms with van der Waals surface area (Å²) in [5.41, 5.74) is 6.07. The Morgan fingerprint density at radius 3 is 3.07 bits per heavy atom. The van der Waals surface area contributed by atoms with Gasteiger partial charge in [-0.1, -0.05) is 0 Å². The molecule has 1 atom stereocenters. The van der Waals surface area contributed by atoms with Crippen LogP contribution >= 0.6 is 11.3 Å². The Morgan fingerprint density at radius 1 is 1.86 bits per heavy atom. The van der Waals surface area contributed by atoms with Crippen molar-refractivity contribution in [1.29, 1.82) is 0 Å². The molecule has 0 aliphatic heterocycles. The number of thiazole rings is 1. The van der Waals surface area contributed by atoms with Crippen molar-refractivity contribution >= 4 is 22.4 Å². The highest BCUT2D eigenvalue weighted by Crippen LogP contribution is 2.10. The lowest BCUT2D eigenvalue weighted by Crippen LogP contribution is -2.31. The van der Waals surface area contributed by atoms with Gasteiger partial charge in [-0.2, -0.15) is 0 Å². The fourth-order valence-corrected chi connectivity index (χ4v) is 1.46. The van der Waals surface area contributed by atoms with Gasteiger partial charge in [-0.3, -0.25) is 4.79 Å². The summed E-state index contributed by atoms with van der Waals surface area (Å²) in [6, 6.07) is 0. The summed E-state index contributed by atoms with van der Waals surface area (Å²) < 4.78 is 0. The molecule has 0 spiro atoms. The molecule has 1 heterocycles. The minimum Gasteiger partial charge on any atom is -0.392 e. The Kier molecular flexibility index (Phi) is 3.84. The topological polar surface area (TPSA) is 88.2 Å². The van der Waals surface area contributed by atoms with Gasteiger partial charge in [0.15, 0.2) is 5.13 Å². The van der Waals surface area contributed by atoms with Crippen molar-refractivity contribution in [2.45, 2.75) is 19.4 Å². The molecule has 4 N–H and O–H groups in total. The number of carbonyl (C=O) groups excluding carboxylic acids is 1. The van der Waals surface area contributed by atoms with Crippen LogP contribution in [0.4, 0.5) is 5.13 Å². The molecular weight excluding hydrogens is 202 g/mol. The molecule has 1 aromatic rings. The molecule has 0 aromatic carbocycles. The Hall–Kier alpha value is -1.14. The number of nitrogen functional groups attached to an aromatic ring is 1. The monoisotopic (exact) mass is 215 g/mol. The molecule has 1 amide bonds. The van der Waals surface area contributed by atoms with Gasteiger partial charge in [-0.25, -0.2) is 4.98 Å². The van der Waals surface area contributed by atoms with E-state index in [0.29, 0.717) is 10.8 Å². The summed E-state index contributed by atoms with van der Waals surface area (Å²) in [6.45, 7) is 1.87. The van der Waals surface area contributed by atoms with E-state index in [1.165, 1.54) is 11.3 Å². The molecule has 78 valence electrons. The van der Waals surface area contributed by atoms with Crippen LogP contribution in [0.5, 0.6) is 0 Å². The highest BCUT2D eigenvalue weighted by Gasteiger charge is 2.06. The Balaban J connectivity index is 2.34. The zero-order valence-electron chi connectivity index (χ0n) is 7.86. The van der Waals surface area contributed by atoms with E-state index < -0.39 is 6.10 Å². The van der Waals surface area contributed by atoms with E-state index in [-0.39, 0.29) is 18.9 Å². The standard InChI is InChI=1S/C8H13N3O2S/c1-5(12)3-10-7(13)2-6-4-14-8(9)11-6/h4-5,12H,2-3H2,1H3,(H2,9,11)(H,10,13). The van der Waals surface area contributed by atoms with E-state index in [4.69, 9.17) is 10.8 Å². The van der Waals surface area contributed by atoms with Crippen LogP contribution in [0, 0.1) is 0 Å². The number of rotatable bonds is 4. The first-order valence-electron chi connectivity index (χ1n) is 4.22. The smallest absolute Gasteiger partial charge is 0.226 e. The van der Waals surface area contributed by atoms with E-state index in [1.54, 1.807) is 12.3 Å². The molecule has 0 saturated carbocycles. The quantitative estimate of drug-likeness (QED) is 0.647. The third kappa shape index (κ3) is 3.71. The normalized spacial score (nSPS) is 12.4. The minimum atomic E-state index is -0.528. The maximum absolute atomic E-state index is 11.2. The van der Waals surface area contributed by atoms with E-state index in [9.17, 15) is 4.79 Å². The van der Waals surface area contributed by atoms with Crippen molar-refractivity contribution in [3.63, 3.8) is 0 Å². The summed E-state index contributed by atoms with van der Waals surface area (Å²) in [7, 11) is 0. The molecule has 6 heteroatoms. The number of aliphatic hydroxyl groups is 1. The van der Waals surface area contributed by atoms with Gasteiger partial charge in [-0.05, 0) is 6.92 Å². The van der Waals surface area contributed by atoms with Crippen LogP contribution in [-0.4, -0.2) is 28.6 Å². The third-order valence-electron chi connectivity index (χ3n) is 1.51. The van der Waals surface area contributed by atoms with Crippen LogP contribution in [0.25, 0.3) is 0 Å². The van der Waals surface area contributed by atoms with Crippen molar-refractivity contribution in [2.75, 3.05) is 12.3 Å². The lowest BCUT2D eigenvalue weighted by molar-refractivity contribution is -0.120. The number of nitrogens with zero attached hydrogens (tertiary/aromatic N) is 1. The molecule has 0 radical (unpaired) electrons. The van der Waals surface area contributed by atoms with E-state index in [1.807, 2.05) is 0 Å². The zero-order valence-corrected chi connectivity index (χ0v) is 8.67. The zero-order chi connectivity index (χ0) is 10.6. The molecule has 14 heavy (non-hydrogen) atoms. The fourth-order valence-electron chi connectivity index (χ4n) is 0.892. The third-order valence-corrected chi connectivity index (χ3v) is 2.23. The lowest BCUT2D eigenvalue weighted by Gasteiger charge is -2.05. The maximum Gasteiger partial charge on any atom is 0.226 e. The van der Waals surface area contributed by atoms with Gasteiger partial charge in [-0.15, -0.1) is 11.3 Å². The van der Waals surface area contributed by atoms with Gasteiger partial charge < -0.3 is 16.2 Å². The second-order valence-corrected chi connectivity index (χ2v) is 3.90. The first-order chi connectivity index (χ1) is 6.58. The number of amides is 1. The van der Waals surface area contributed by atoms with Crippen molar-refractivity contribution in [2.24, 2.45) is 0 Å². The first kappa shape index (κ1) is 10.9. The number of hydrogen-bond acceptors (Lipinski definition) is 5. The summed E-state index contributed by atoms with van der Waals surface area (Å²) in [5.74, 6) is -0.156. The van der Waals surface area contributed by atoms with Gasteiger partial charge in [0, 0.05) is 11.9 Å². The number of carbonyl (C=O) groups is 1. The van der Waals surface area contributed by atoms with E-state index in [0.717, 1.165) is 0 Å². The lowest BCUT2D eigenvalue weighted by atomic mass is 10.3. The van der Waals surface area contributed by atoms with Gasteiger partial charge in [0.2, 0.25) is 5.91 Å². The predicted octanol–water partition coefficient (Wildman–Crippen LogP) is -0.235. The number of aromatic nitrogens is 1. The average molecular weight is 215 g/mol. The van der Waals surface area contributed by atoms with E-state index >= 15 is 0 Å². The number of nitrogens with two attached hydrogens (primary N) is 1. The second-order valence-electron chi connectivity index (χ2n) is 3.01. The molecule has 0 bridgehead atoms. The molecule has 0 aliphatic rings. The molecule has 1 unspecified atom stereocenters. The number of nitrogens with one attached hydrogen (secondary N) is 1. The molecule has 5 nitrogen and oxygen atoms in total. The van der Waals surface area contributed by atoms with Gasteiger partial charge >= 0.3 is 0 Å². The van der Waals surface area contributed by atoms with Gasteiger partial charge in [0.25, 0.3) is 0 Å². The summed E-state index contributed by atoms with van der Waals surface area (Å²) >= 11 is 1.31. The highest BCUT2D eigenvalue weighted by molar-refractivity contribution is 7.13. The van der Waals surface area contributed by atoms with Crippen molar-refractivity contribution in [3.8, 4) is 0 Å².